The maximum absolute atomic E-state index is 9.08. The molecule has 3 N–H and O–H groups in total. The molecule has 3 atom stereocenters. The van der Waals surface area contributed by atoms with Crippen molar-refractivity contribution in [2.24, 2.45) is 5.92 Å². The van der Waals surface area contributed by atoms with Gasteiger partial charge in [-0.2, -0.15) is 5.48 Å². The minimum atomic E-state index is -0.530. The average Bonchev–Trinajstić information content (AvgIpc) is 1.88. The van der Waals surface area contributed by atoms with Crippen LogP contribution in [0.1, 0.15) is 20.3 Å². The number of hydrogen-bond acceptors (Lipinski definition) is 3. The van der Waals surface area contributed by atoms with Gasteiger partial charge in [0, 0.05) is 0 Å². The SMILES string of the molecule is CCC(C)C(NO)C(O)I. The molecule has 0 rings (SSSR count). The Labute approximate surface area is 74.9 Å². The summed E-state index contributed by atoms with van der Waals surface area (Å²) in [7, 11) is 0. The maximum atomic E-state index is 9.08. The second-order valence-electron chi connectivity index (χ2n) is 2.41. The molecule has 62 valence electrons. The summed E-state index contributed by atoms with van der Waals surface area (Å²) in [5.41, 5.74) is 2.09. The third-order valence-electron chi connectivity index (χ3n) is 1.70. The Kier molecular flexibility index (Phi) is 5.61. The zero-order valence-corrected chi connectivity index (χ0v) is 8.37. The van der Waals surface area contributed by atoms with Crippen molar-refractivity contribution >= 4 is 22.6 Å². The highest BCUT2D eigenvalue weighted by Crippen LogP contribution is 2.14. The van der Waals surface area contributed by atoms with Crippen LogP contribution in [0.4, 0.5) is 0 Å². The van der Waals surface area contributed by atoms with E-state index in [0.717, 1.165) is 6.42 Å². The number of nitrogens with one attached hydrogen (secondary N) is 1. The van der Waals surface area contributed by atoms with Gasteiger partial charge in [0.25, 0.3) is 0 Å². The lowest BCUT2D eigenvalue weighted by Crippen LogP contribution is -2.39. The van der Waals surface area contributed by atoms with Gasteiger partial charge >= 0.3 is 0 Å². The Hall–Kier alpha value is 0.610. The van der Waals surface area contributed by atoms with Gasteiger partial charge in [0.1, 0.15) is 4.11 Å². The van der Waals surface area contributed by atoms with E-state index in [1.54, 1.807) is 0 Å². The van der Waals surface area contributed by atoms with E-state index in [1.807, 2.05) is 36.4 Å². The fourth-order valence-corrected chi connectivity index (χ4v) is 1.58. The number of alkyl halides is 1. The summed E-state index contributed by atoms with van der Waals surface area (Å²) in [6.45, 7) is 4.00. The monoisotopic (exact) mass is 259 g/mol. The van der Waals surface area contributed by atoms with Gasteiger partial charge in [-0.1, -0.05) is 20.3 Å². The molecule has 0 aromatic heterocycles. The molecule has 0 saturated carbocycles. The third kappa shape index (κ3) is 3.14. The van der Waals surface area contributed by atoms with Crippen LogP contribution in [0.5, 0.6) is 0 Å². The molecule has 0 amide bonds. The lowest BCUT2D eigenvalue weighted by molar-refractivity contribution is 0.0572. The lowest BCUT2D eigenvalue weighted by atomic mass is 10.0. The van der Waals surface area contributed by atoms with Crippen LogP contribution < -0.4 is 5.48 Å². The van der Waals surface area contributed by atoms with E-state index in [0.29, 0.717) is 0 Å². The van der Waals surface area contributed by atoms with Gasteiger partial charge < -0.3 is 10.3 Å². The van der Waals surface area contributed by atoms with E-state index in [4.69, 9.17) is 10.3 Å². The molecule has 0 aliphatic rings. The van der Waals surface area contributed by atoms with Crippen molar-refractivity contribution in [2.75, 3.05) is 0 Å². The number of rotatable bonds is 4. The minimum absolute atomic E-state index is 0.217. The Morgan fingerprint density at radius 2 is 2.10 bits per heavy atom. The van der Waals surface area contributed by atoms with Crippen LogP contribution in [-0.2, 0) is 0 Å². The van der Waals surface area contributed by atoms with Crippen LogP contribution in [0.25, 0.3) is 0 Å². The minimum Gasteiger partial charge on any atom is -0.381 e. The highest BCUT2D eigenvalue weighted by molar-refractivity contribution is 14.1. The van der Waals surface area contributed by atoms with E-state index >= 15 is 0 Å². The van der Waals surface area contributed by atoms with Crippen molar-refractivity contribution in [1.29, 1.82) is 0 Å². The molecule has 0 aromatic carbocycles. The van der Waals surface area contributed by atoms with Gasteiger partial charge in [-0.05, 0) is 28.5 Å². The Bertz CT molecular complexity index is 89.8. The standard InChI is InChI=1S/C6H14INO2/c1-3-4(2)5(8-10)6(7)9/h4-6,8-10H,3H2,1-2H3. The molecule has 0 saturated heterocycles. The number of aliphatic hydroxyl groups is 1. The Morgan fingerprint density at radius 3 is 2.20 bits per heavy atom. The van der Waals surface area contributed by atoms with E-state index < -0.39 is 4.11 Å². The fourth-order valence-electron chi connectivity index (χ4n) is 0.714. The van der Waals surface area contributed by atoms with Crippen molar-refractivity contribution in [3.63, 3.8) is 0 Å². The molecule has 4 heteroatoms. The number of hydrogen-bond donors (Lipinski definition) is 3. The number of aliphatic hydroxyl groups excluding tert-OH is 1. The predicted octanol–water partition coefficient (Wildman–Crippen LogP) is 1.13. The van der Waals surface area contributed by atoms with Gasteiger partial charge in [-0.25, -0.2) is 0 Å². The van der Waals surface area contributed by atoms with Crippen molar-refractivity contribution in [3.8, 4) is 0 Å². The first-order chi connectivity index (χ1) is 4.63. The summed E-state index contributed by atoms with van der Waals surface area (Å²) in [6, 6.07) is -0.217. The smallest absolute Gasteiger partial charge is 0.123 e. The van der Waals surface area contributed by atoms with E-state index in [9.17, 15) is 0 Å². The average molecular weight is 259 g/mol. The molecule has 3 nitrogen and oxygen atoms in total. The van der Waals surface area contributed by atoms with Crippen LogP contribution in [0, 0.1) is 5.92 Å². The van der Waals surface area contributed by atoms with Gasteiger partial charge in [0.05, 0.1) is 6.04 Å². The molecule has 0 spiro atoms. The zero-order chi connectivity index (χ0) is 8.15. The molecule has 0 aromatic rings. The molecule has 0 fully saturated rings. The van der Waals surface area contributed by atoms with Crippen LogP contribution in [0.2, 0.25) is 0 Å². The molecule has 10 heavy (non-hydrogen) atoms. The lowest BCUT2D eigenvalue weighted by Gasteiger charge is -2.22. The number of hydroxylamine groups is 1. The molecular weight excluding hydrogens is 245 g/mol. The van der Waals surface area contributed by atoms with E-state index in [-0.39, 0.29) is 12.0 Å². The first-order valence-corrected chi connectivity index (χ1v) is 4.59. The van der Waals surface area contributed by atoms with Crippen molar-refractivity contribution in [1.82, 2.24) is 5.48 Å². The first-order valence-electron chi connectivity index (χ1n) is 3.35. The van der Waals surface area contributed by atoms with Crippen molar-refractivity contribution in [2.45, 2.75) is 30.4 Å². The van der Waals surface area contributed by atoms with Crippen LogP contribution in [0.3, 0.4) is 0 Å². The highest BCUT2D eigenvalue weighted by atomic mass is 127. The molecule has 0 aliphatic carbocycles. The van der Waals surface area contributed by atoms with E-state index in [2.05, 4.69) is 5.48 Å². The molecule has 0 radical (unpaired) electrons. The van der Waals surface area contributed by atoms with E-state index in [1.165, 1.54) is 0 Å². The summed E-state index contributed by atoms with van der Waals surface area (Å²) in [5.74, 6) is 0.289. The van der Waals surface area contributed by atoms with Gasteiger partial charge in [-0.3, -0.25) is 0 Å². The van der Waals surface area contributed by atoms with Gasteiger partial charge in [-0.15, -0.1) is 0 Å². The predicted molar refractivity (Wildman–Crippen MR) is 48.2 cm³/mol. The van der Waals surface area contributed by atoms with Crippen LogP contribution in [-0.4, -0.2) is 20.5 Å². The van der Waals surface area contributed by atoms with Gasteiger partial charge in [0.15, 0.2) is 0 Å². The molecule has 0 aliphatic heterocycles. The highest BCUT2D eigenvalue weighted by Gasteiger charge is 2.20. The number of halogens is 1. The quantitative estimate of drug-likeness (QED) is 0.403. The summed E-state index contributed by atoms with van der Waals surface area (Å²) < 4.78 is -0.530. The fraction of sp³-hybridized carbons (Fsp3) is 1.00. The molecular formula is C6H14INO2. The summed E-state index contributed by atoms with van der Waals surface area (Å²) >= 11 is 1.88. The molecule has 0 bridgehead atoms. The van der Waals surface area contributed by atoms with Crippen molar-refractivity contribution in [3.05, 3.63) is 0 Å². The molecule has 0 heterocycles. The second kappa shape index (κ2) is 5.29. The Balaban J connectivity index is 3.80. The topological polar surface area (TPSA) is 52.5 Å². The van der Waals surface area contributed by atoms with Gasteiger partial charge in [0.2, 0.25) is 0 Å². The normalized spacial score (nSPS) is 20.1. The zero-order valence-electron chi connectivity index (χ0n) is 6.21. The molecule has 3 unspecified atom stereocenters. The summed E-state index contributed by atoms with van der Waals surface area (Å²) in [6.07, 6.45) is 0.943. The summed E-state index contributed by atoms with van der Waals surface area (Å²) in [4.78, 5) is 0. The first kappa shape index (κ1) is 10.6. The third-order valence-corrected chi connectivity index (χ3v) is 2.48. The summed E-state index contributed by atoms with van der Waals surface area (Å²) in [5, 5.41) is 17.7. The van der Waals surface area contributed by atoms with Crippen LogP contribution in [0.15, 0.2) is 0 Å². The maximum Gasteiger partial charge on any atom is 0.123 e. The largest absolute Gasteiger partial charge is 0.381 e. The second-order valence-corrected chi connectivity index (χ2v) is 3.69. The van der Waals surface area contributed by atoms with Crippen LogP contribution >= 0.6 is 22.6 Å². The van der Waals surface area contributed by atoms with Crippen molar-refractivity contribution < 1.29 is 10.3 Å². The Morgan fingerprint density at radius 1 is 1.60 bits per heavy atom.